The monoisotopic (exact) mass is 222 g/mol. The van der Waals surface area contributed by atoms with Crippen LogP contribution in [-0.4, -0.2) is 25.0 Å². The summed E-state index contributed by atoms with van der Waals surface area (Å²) in [5, 5.41) is 0. The molecule has 1 aromatic heterocycles. The standard InChI is InChI=1S/C7H5BF4NO2/c1-15-7(14)6-5(9)2-4(3-13-6)8(10,11)12/h2-3H,1H3/q-1. The van der Waals surface area contributed by atoms with Gasteiger partial charge in [-0.05, 0) is 6.07 Å². The summed E-state index contributed by atoms with van der Waals surface area (Å²) in [7, 11) is 0.977. The van der Waals surface area contributed by atoms with E-state index in [1.54, 1.807) is 0 Å². The molecule has 8 heteroatoms. The molecule has 0 spiro atoms. The second-order valence-corrected chi connectivity index (χ2v) is 2.67. The molecule has 82 valence electrons. The van der Waals surface area contributed by atoms with Gasteiger partial charge in [-0.2, -0.15) is 0 Å². The van der Waals surface area contributed by atoms with E-state index >= 15 is 0 Å². The number of hydrogen-bond acceptors (Lipinski definition) is 3. The van der Waals surface area contributed by atoms with Crippen molar-refractivity contribution in [3.8, 4) is 0 Å². The third kappa shape index (κ3) is 2.45. The van der Waals surface area contributed by atoms with Gasteiger partial charge in [-0.15, -0.1) is 0 Å². The lowest BCUT2D eigenvalue weighted by atomic mass is 9.81. The third-order valence-electron chi connectivity index (χ3n) is 1.62. The largest absolute Gasteiger partial charge is 0.511 e. The maximum Gasteiger partial charge on any atom is 0.511 e. The molecular weight excluding hydrogens is 217 g/mol. The molecule has 0 aliphatic rings. The average molecular weight is 222 g/mol. The first-order valence-electron chi connectivity index (χ1n) is 3.80. The van der Waals surface area contributed by atoms with Gasteiger partial charge in [0.2, 0.25) is 0 Å². The van der Waals surface area contributed by atoms with Crippen LogP contribution < -0.4 is 5.46 Å². The molecule has 0 saturated carbocycles. The molecular formula is C7H5BF4NO2-. The third-order valence-corrected chi connectivity index (χ3v) is 1.62. The molecule has 0 amide bonds. The van der Waals surface area contributed by atoms with E-state index in [9.17, 15) is 22.1 Å². The first-order chi connectivity index (χ1) is 6.86. The van der Waals surface area contributed by atoms with E-state index < -0.39 is 29.9 Å². The second-order valence-electron chi connectivity index (χ2n) is 2.67. The average Bonchev–Trinajstić information content (AvgIpc) is 2.15. The Bertz CT molecular complexity index is 393. The number of hydrogen-bond donors (Lipinski definition) is 0. The number of pyridine rings is 1. The predicted molar refractivity (Wildman–Crippen MR) is 44.2 cm³/mol. The smallest absolute Gasteiger partial charge is 0.464 e. The van der Waals surface area contributed by atoms with Gasteiger partial charge in [0.1, 0.15) is 0 Å². The van der Waals surface area contributed by atoms with Crippen LogP contribution in [-0.2, 0) is 4.74 Å². The minimum Gasteiger partial charge on any atom is -0.464 e. The lowest BCUT2D eigenvalue weighted by molar-refractivity contribution is 0.0588. The topological polar surface area (TPSA) is 39.2 Å². The molecule has 1 aromatic rings. The van der Waals surface area contributed by atoms with Gasteiger partial charge >= 0.3 is 12.9 Å². The predicted octanol–water partition coefficient (Wildman–Crippen LogP) is 1.06. The van der Waals surface area contributed by atoms with E-state index in [1.165, 1.54) is 0 Å². The summed E-state index contributed by atoms with van der Waals surface area (Å²) in [5.74, 6) is -2.47. The molecule has 0 atom stereocenters. The van der Waals surface area contributed by atoms with Crippen molar-refractivity contribution in [2.75, 3.05) is 7.11 Å². The van der Waals surface area contributed by atoms with Gasteiger partial charge in [-0.3, -0.25) is 0 Å². The van der Waals surface area contributed by atoms with Crippen LogP contribution in [0.3, 0.4) is 0 Å². The minimum atomic E-state index is -5.32. The molecule has 0 aliphatic heterocycles. The van der Waals surface area contributed by atoms with Crippen LogP contribution in [0.25, 0.3) is 0 Å². The fraction of sp³-hybridized carbons (Fsp3) is 0.143. The maximum atomic E-state index is 13.0. The van der Waals surface area contributed by atoms with Gasteiger partial charge in [0, 0.05) is 6.20 Å². The molecule has 3 nitrogen and oxygen atoms in total. The van der Waals surface area contributed by atoms with E-state index in [1.807, 2.05) is 0 Å². The Hall–Kier alpha value is -1.60. The fourth-order valence-electron chi connectivity index (χ4n) is 0.879. The molecule has 0 aliphatic carbocycles. The van der Waals surface area contributed by atoms with E-state index in [0.717, 1.165) is 7.11 Å². The second kappa shape index (κ2) is 3.88. The Morgan fingerprint density at radius 3 is 2.47 bits per heavy atom. The molecule has 1 rings (SSSR count). The highest BCUT2D eigenvalue weighted by molar-refractivity contribution is 6.73. The summed E-state index contributed by atoms with van der Waals surface area (Å²) < 4.78 is 53.5. The summed E-state index contributed by atoms with van der Waals surface area (Å²) >= 11 is 0. The van der Waals surface area contributed by atoms with Gasteiger partial charge in [-0.1, -0.05) is 5.46 Å². The van der Waals surface area contributed by atoms with Gasteiger partial charge < -0.3 is 17.7 Å². The van der Waals surface area contributed by atoms with Gasteiger partial charge in [0.15, 0.2) is 11.5 Å². The quantitative estimate of drug-likeness (QED) is 0.426. The lowest BCUT2D eigenvalue weighted by Crippen LogP contribution is -2.35. The zero-order chi connectivity index (χ0) is 11.6. The Balaban J connectivity index is 3.15. The molecule has 0 fully saturated rings. The van der Waals surface area contributed by atoms with Crippen LogP contribution in [0.15, 0.2) is 12.3 Å². The Morgan fingerprint density at radius 1 is 1.47 bits per heavy atom. The van der Waals surface area contributed by atoms with E-state index in [2.05, 4.69) is 9.72 Å². The number of aromatic nitrogens is 1. The Morgan fingerprint density at radius 2 is 2.07 bits per heavy atom. The minimum absolute atomic E-state index is 0.221. The van der Waals surface area contributed by atoms with Crippen LogP contribution in [0.5, 0.6) is 0 Å². The van der Waals surface area contributed by atoms with Crippen LogP contribution in [0.2, 0.25) is 0 Å². The molecule has 0 aromatic carbocycles. The van der Waals surface area contributed by atoms with Crippen LogP contribution in [0.1, 0.15) is 10.5 Å². The number of carbonyl (C=O) groups is 1. The summed E-state index contributed by atoms with van der Waals surface area (Å²) in [4.78, 5) is 13.9. The molecule has 15 heavy (non-hydrogen) atoms. The first-order valence-corrected chi connectivity index (χ1v) is 3.80. The number of rotatable bonds is 2. The van der Waals surface area contributed by atoms with Crippen LogP contribution >= 0.6 is 0 Å². The Kier molecular flexibility index (Phi) is 2.97. The van der Waals surface area contributed by atoms with Crippen LogP contribution in [0, 0.1) is 5.82 Å². The SMILES string of the molecule is COC(=O)c1ncc([B-](F)(F)F)cc1F. The van der Waals surface area contributed by atoms with Crippen molar-refractivity contribution >= 4 is 18.4 Å². The fourth-order valence-corrected chi connectivity index (χ4v) is 0.879. The number of esters is 1. The molecule has 0 radical (unpaired) electrons. The van der Waals surface area contributed by atoms with Crippen molar-refractivity contribution < 1.29 is 26.9 Å². The van der Waals surface area contributed by atoms with Crippen molar-refractivity contribution in [2.24, 2.45) is 0 Å². The summed E-state index contributed by atoms with van der Waals surface area (Å²) in [5.41, 5.74) is -1.96. The van der Waals surface area contributed by atoms with Crippen molar-refractivity contribution in [3.63, 3.8) is 0 Å². The first kappa shape index (κ1) is 11.5. The Labute approximate surface area is 82.1 Å². The highest BCUT2D eigenvalue weighted by Crippen LogP contribution is 2.11. The highest BCUT2D eigenvalue weighted by Gasteiger charge is 2.27. The molecule has 0 saturated heterocycles. The molecule has 0 N–H and O–H groups in total. The number of ether oxygens (including phenoxy) is 1. The number of halogens is 4. The summed E-state index contributed by atoms with van der Waals surface area (Å²) in [6.45, 7) is -5.32. The van der Waals surface area contributed by atoms with Crippen molar-refractivity contribution in [2.45, 2.75) is 0 Å². The van der Waals surface area contributed by atoms with Crippen molar-refractivity contribution in [1.82, 2.24) is 4.98 Å². The zero-order valence-corrected chi connectivity index (χ0v) is 7.51. The summed E-state index contributed by atoms with van der Waals surface area (Å²) in [6.07, 6.45) is 0.398. The molecule has 1 heterocycles. The molecule has 0 unspecified atom stereocenters. The maximum absolute atomic E-state index is 13.0. The van der Waals surface area contributed by atoms with Crippen LogP contribution in [0.4, 0.5) is 17.3 Å². The number of nitrogens with zero attached hydrogens (tertiary/aromatic N) is 1. The summed E-state index contributed by atoms with van der Waals surface area (Å²) in [6, 6.07) is 0.221. The van der Waals surface area contributed by atoms with Gasteiger partial charge in [-0.25, -0.2) is 14.2 Å². The normalized spacial score (nSPS) is 11.3. The number of carbonyl (C=O) groups excluding carboxylic acids is 1. The van der Waals surface area contributed by atoms with E-state index in [-0.39, 0.29) is 6.07 Å². The highest BCUT2D eigenvalue weighted by atomic mass is 19.4. The van der Waals surface area contributed by atoms with Crippen molar-refractivity contribution in [1.29, 1.82) is 0 Å². The van der Waals surface area contributed by atoms with E-state index in [0.29, 0.717) is 6.20 Å². The van der Waals surface area contributed by atoms with Crippen molar-refractivity contribution in [3.05, 3.63) is 23.8 Å². The zero-order valence-electron chi connectivity index (χ0n) is 7.51. The number of methoxy groups -OCH3 is 1. The van der Waals surface area contributed by atoms with Gasteiger partial charge in [0.25, 0.3) is 0 Å². The van der Waals surface area contributed by atoms with E-state index in [4.69, 9.17) is 0 Å². The molecule has 0 bridgehead atoms. The van der Waals surface area contributed by atoms with Gasteiger partial charge in [0.05, 0.1) is 7.11 Å². The lowest BCUT2D eigenvalue weighted by Gasteiger charge is -2.14.